The number of carbonyl (C=O) groups excluding carboxylic acids is 1. The van der Waals surface area contributed by atoms with E-state index in [0.29, 0.717) is 5.91 Å². The van der Waals surface area contributed by atoms with Crippen molar-refractivity contribution in [1.82, 2.24) is 9.62 Å². The van der Waals surface area contributed by atoms with Gasteiger partial charge in [-0.15, -0.1) is 0 Å². The molecule has 0 spiro atoms. The smallest absolute Gasteiger partial charge is 0.222 e. The van der Waals surface area contributed by atoms with E-state index in [1.165, 1.54) is 0 Å². The van der Waals surface area contributed by atoms with E-state index in [1.54, 1.807) is 11.9 Å². The van der Waals surface area contributed by atoms with Crippen LogP contribution in [-0.2, 0) is 4.79 Å². The van der Waals surface area contributed by atoms with Gasteiger partial charge in [0.05, 0.1) is 0 Å². The maximum Gasteiger partial charge on any atom is 0.222 e. The van der Waals surface area contributed by atoms with Crippen LogP contribution in [0, 0.1) is 0 Å². The zero-order chi connectivity index (χ0) is 8.81. The number of nitrogens with one attached hydrogen (secondary N) is 1. The van der Waals surface area contributed by atoms with Gasteiger partial charge in [0, 0.05) is 26.1 Å². The lowest BCUT2D eigenvalue weighted by molar-refractivity contribution is -0.127. The Morgan fingerprint density at radius 1 is 1.67 bits per heavy atom. The molecule has 0 bridgehead atoms. The van der Waals surface area contributed by atoms with Gasteiger partial charge in [0.2, 0.25) is 5.91 Å². The molecule has 1 amide bonds. The van der Waals surface area contributed by atoms with E-state index >= 15 is 0 Å². The second kappa shape index (κ2) is 5.43. The van der Waals surface area contributed by atoms with Crippen LogP contribution in [-0.4, -0.2) is 36.7 Å². The lowest BCUT2D eigenvalue weighted by Crippen LogP contribution is -2.27. The fraction of sp³-hybridized carbons (Fsp3) is 0.875. The van der Waals surface area contributed by atoms with Crippen molar-refractivity contribution in [2.75, 3.05) is 25.9 Å². The molecule has 0 unspecified atom stereocenters. The summed E-state index contributed by atoms with van der Waals surface area (Å²) in [6.07, 6.45) is 4.89. The number of carbonyl (C=O) groups is 1. The summed E-state index contributed by atoms with van der Waals surface area (Å²) in [5.41, 5.74) is 0. The Balaban J connectivity index is 2.02. The van der Waals surface area contributed by atoms with Crippen LogP contribution in [0.5, 0.6) is 0 Å². The topological polar surface area (TPSA) is 32.3 Å². The molecule has 12 heavy (non-hydrogen) atoms. The molecule has 0 aliphatic carbocycles. The number of rotatable bonds is 5. The Morgan fingerprint density at radius 3 is 3.08 bits per heavy atom. The Kier molecular flexibility index (Phi) is 4.46. The van der Waals surface area contributed by atoms with Crippen molar-refractivity contribution in [3.63, 3.8) is 0 Å². The highest BCUT2D eigenvalue weighted by Gasteiger charge is 2.18. The van der Waals surface area contributed by atoms with Crippen LogP contribution in [0.15, 0.2) is 0 Å². The first kappa shape index (κ1) is 9.86. The third-order valence-electron chi connectivity index (χ3n) is 2.02. The summed E-state index contributed by atoms with van der Waals surface area (Å²) in [5.74, 6) is 0.333. The van der Waals surface area contributed by atoms with Gasteiger partial charge in [-0.2, -0.15) is 0 Å². The van der Waals surface area contributed by atoms with Crippen molar-refractivity contribution < 1.29 is 4.79 Å². The molecular formula is C8H16N2OS. The second-order valence-electron chi connectivity index (χ2n) is 2.94. The number of likely N-dealkylation sites (tertiary alicyclic amines) is 1. The third kappa shape index (κ3) is 3.03. The molecule has 0 saturated carbocycles. The van der Waals surface area contributed by atoms with Crippen LogP contribution in [0.4, 0.5) is 0 Å². The summed E-state index contributed by atoms with van der Waals surface area (Å²) in [4.78, 5) is 13.1. The van der Waals surface area contributed by atoms with E-state index in [2.05, 4.69) is 4.72 Å². The van der Waals surface area contributed by atoms with E-state index < -0.39 is 0 Å². The lowest BCUT2D eigenvalue weighted by Gasteiger charge is -2.14. The minimum Gasteiger partial charge on any atom is -0.343 e. The summed E-state index contributed by atoms with van der Waals surface area (Å²) in [6.45, 7) is 2.88. The van der Waals surface area contributed by atoms with Gasteiger partial charge in [-0.3, -0.25) is 9.52 Å². The van der Waals surface area contributed by atoms with Gasteiger partial charge in [0.25, 0.3) is 0 Å². The maximum atomic E-state index is 11.1. The molecule has 1 fully saturated rings. The summed E-state index contributed by atoms with van der Waals surface area (Å²) in [7, 11) is 0. The Bertz CT molecular complexity index is 152. The number of nitrogens with zero attached hydrogens (tertiary/aromatic N) is 1. The quantitative estimate of drug-likeness (QED) is 0.513. The molecule has 0 aromatic carbocycles. The summed E-state index contributed by atoms with van der Waals surface area (Å²) in [6, 6.07) is 0. The molecule has 0 aromatic rings. The van der Waals surface area contributed by atoms with Gasteiger partial charge in [0.1, 0.15) is 0 Å². The Hall–Kier alpha value is -0.220. The zero-order valence-electron chi connectivity index (χ0n) is 7.51. The van der Waals surface area contributed by atoms with E-state index in [0.717, 1.165) is 38.9 Å². The first-order valence-corrected chi connectivity index (χ1v) is 5.60. The van der Waals surface area contributed by atoms with Crippen molar-refractivity contribution in [3.8, 4) is 0 Å². The van der Waals surface area contributed by atoms with Gasteiger partial charge < -0.3 is 4.90 Å². The van der Waals surface area contributed by atoms with Crippen molar-refractivity contribution in [1.29, 1.82) is 0 Å². The highest BCUT2D eigenvalue weighted by molar-refractivity contribution is 7.96. The van der Waals surface area contributed by atoms with Gasteiger partial charge >= 0.3 is 0 Å². The highest BCUT2D eigenvalue weighted by Crippen LogP contribution is 2.09. The number of amides is 1. The maximum absolute atomic E-state index is 11.1. The Labute approximate surface area is 78.0 Å². The minimum atomic E-state index is 0.333. The largest absolute Gasteiger partial charge is 0.343 e. The molecule has 1 aliphatic rings. The first-order chi connectivity index (χ1) is 5.84. The van der Waals surface area contributed by atoms with Crippen molar-refractivity contribution in [3.05, 3.63) is 0 Å². The van der Waals surface area contributed by atoms with Crippen LogP contribution >= 0.6 is 11.9 Å². The average molecular weight is 188 g/mol. The molecular weight excluding hydrogens is 172 g/mol. The van der Waals surface area contributed by atoms with Gasteiger partial charge in [-0.1, -0.05) is 11.9 Å². The van der Waals surface area contributed by atoms with Gasteiger partial charge in [-0.05, 0) is 19.1 Å². The molecule has 1 aliphatic heterocycles. The van der Waals surface area contributed by atoms with Crippen molar-refractivity contribution in [2.24, 2.45) is 0 Å². The van der Waals surface area contributed by atoms with Crippen LogP contribution in [0.25, 0.3) is 0 Å². The van der Waals surface area contributed by atoms with Crippen LogP contribution in [0.2, 0.25) is 0 Å². The SMILES string of the molecule is CSNCCCN1CCCC1=O. The molecule has 4 heteroatoms. The summed E-state index contributed by atoms with van der Waals surface area (Å²) >= 11 is 1.63. The third-order valence-corrected chi connectivity index (χ3v) is 2.52. The number of hydrogen-bond acceptors (Lipinski definition) is 3. The predicted octanol–water partition coefficient (Wildman–Crippen LogP) is 0.866. The molecule has 0 radical (unpaired) electrons. The van der Waals surface area contributed by atoms with E-state index in [9.17, 15) is 4.79 Å². The zero-order valence-corrected chi connectivity index (χ0v) is 8.32. The molecule has 1 saturated heterocycles. The van der Waals surface area contributed by atoms with Crippen LogP contribution in [0.1, 0.15) is 19.3 Å². The lowest BCUT2D eigenvalue weighted by atomic mass is 10.4. The normalized spacial score (nSPS) is 17.4. The molecule has 0 atom stereocenters. The first-order valence-electron chi connectivity index (χ1n) is 4.38. The van der Waals surface area contributed by atoms with Crippen molar-refractivity contribution in [2.45, 2.75) is 19.3 Å². The van der Waals surface area contributed by atoms with E-state index in [-0.39, 0.29) is 0 Å². The van der Waals surface area contributed by atoms with E-state index in [4.69, 9.17) is 0 Å². The van der Waals surface area contributed by atoms with E-state index in [1.807, 2.05) is 11.2 Å². The predicted molar refractivity (Wildman–Crippen MR) is 51.9 cm³/mol. The fourth-order valence-electron chi connectivity index (χ4n) is 1.38. The van der Waals surface area contributed by atoms with Crippen molar-refractivity contribution >= 4 is 17.9 Å². The minimum absolute atomic E-state index is 0.333. The Morgan fingerprint density at radius 2 is 2.50 bits per heavy atom. The summed E-state index contributed by atoms with van der Waals surface area (Å²) < 4.78 is 3.17. The van der Waals surface area contributed by atoms with Crippen LogP contribution in [0.3, 0.4) is 0 Å². The molecule has 1 N–H and O–H groups in total. The molecule has 0 aromatic heterocycles. The molecule has 3 nitrogen and oxygen atoms in total. The van der Waals surface area contributed by atoms with Gasteiger partial charge in [-0.25, -0.2) is 0 Å². The monoisotopic (exact) mass is 188 g/mol. The standard InChI is InChI=1S/C8H16N2OS/c1-12-9-5-3-7-10-6-2-4-8(10)11/h9H,2-7H2,1H3. The van der Waals surface area contributed by atoms with Crippen LogP contribution < -0.4 is 4.72 Å². The fourth-order valence-corrected chi connectivity index (χ4v) is 1.73. The highest BCUT2D eigenvalue weighted by atomic mass is 32.2. The molecule has 1 rings (SSSR count). The molecule has 1 heterocycles. The van der Waals surface area contributed by atoms with Gasteiger partial charge in [0.15, 0.2) is 0 Å². The summed E-state index contributed by atoms with van der Waals surface area (Å²) in [5, 5.41) is 0. The molecule has 70 valence electrons. The average Bonchev–Trinajstić information content (AvgIpc) is 2.46. The second-order valence-corrected chi connectivity index (χ2v) is 3.63. The number of hydrogen-bond donors (Lipinski definition) is 1.